The van der Waals surface area contributed by atoms with Crippen LogP contribution in [0, 0.1) is 0 Å². The van der Waals surface area contributed by atoms with Crippen molar-refractivity contribution in [1.29, 1.82) is 0 Å². The number of carbonyl (C=O) groups is 1. The summed E-state index contributed by atoms with van der Waals surface area (Å²) in [6, 6.07) is 11.5. The highest BCUT2D eigenvalue weighted by Gasteiger charge is 2.21. The van der Waals surface area contributed by atoms with Gasteiger partial charge in [0.05, 0.1) is 31.9 Å². The van der Waals surface area contributed by atoms with E-state index >= 15 is 0 Å². The lowest BCUT2D eigenvalue weighted by Crippen LogP contribution is -2.39. The Hall–Kier alpha value is -2.78. The van der Waals surface area contributed by atoms with Crippen LogP contribution in [-0.4, -0.2) is 47.1 Å². The molecule has 30 heavy (non-hydrogen) atoms. The van der Waals surface area contributed by atoms with E-state index in [1.165, 1.54) is 19.2 Å². The largest absolute Gasteiger partial charge is 0.493 e. The maximum Gasteiger partial charge on any atom is 0.260 e. The Balaban J connectivity index is 2.20. The first kappa shape index (κ1) is 23.5. The van der Waals surface area contributed by atoms with Crippen LogP contribution < -0.4 is 19.2 Å². The summed E-state index contributed by atoms with van der Waals surface area (Å²) >= 11 is 5.85. The molecule has 8 nitrogen and oxygen atoms in total. The van der Waals surface area contributed by atoms with Crippen LogP contribution in [0.1, 0.15) is 18.9 Å². The van der Waals surface area contributed by atoms with Gasteiger partial charge in [-0.15, -0.1) is 0 Å². The summed E-state index contributed by atoms with van der Waals surface area (Å²) in [5.74, 6) is 0.530. The zero-order chi connectivity index (χ0) is 22.3. The van der Waals surface area contributed by atoms with Gasteiger partial charge in [-0.3, -0.25) is 9.10 Å². The number of anilines is 1. The van der Waals surface area contributed by atoms with Gasteiger partial charge in [-0.25, -0.2) is 13.8 Å². The normalized spacial score (nSPS) is 11.7. The molecule has 0 aliphatic rings. The van der Waals surface area contributed by atoms with Crippen LogP contribution in [0.2, 0.25) is 5.02 Å². The van der Waals surface area contributed by atoms with E-state index in [4.69, 9.17) is 21.1 Å². The third kappa shape index (κ3) is 6.11. The van der Waals surface area contributed by atoms with Gasteiger partial charge in [-0.2, -0.15) is 5.10 Å². The second-order valence-corrected chi connectivity index (χ2v) is 8.61. The lowest BCUT2D eigenvalue weighted by Gasteiger charge is -2.21. The third-order valence-corrected chi connectivity index (χ3v) is 5.56. The minimum atomic E-state index is -3.69. The first-order chi connectivity index (χ1) is 14.2. The highest BCUT2D eigenvalue weighted by Crippen LogP contribution is 2.28. The van der Waals surface area contributed by atoms with E-state index < -0.39 is 22.5 Å². The first-order valence-corrected chi connectivity index (χ1v) is 11.2. The fourth-order valence-electron chi connectivity index (χ4n) is 2.67. The molecule has 1 amide bonds. The fourth-order valence-corrected chi connectivity index (χ4v) is 3.65. The Kier molecular flexibility index (Phi) is 8.08. The van der Waals surface area contributed by atoms with E-state index in [0.717, 1.165) is 16.1 Å². The number of hydrogen-bond acceptors (Lipinski definition) is 6. The van der Waals surface area contributed by atoms with E-state index in [9.17, 15) is 13.2 Å². The van der Waals surface area contributed by atoms with E-state index in [0.29, 0.717) is 34.3 Å². The molecule has 0 fully saturated rings. The Morgan fingerprint density at radius 1 is 1.10 bits per heavy atom. The van der Waals surface area contributed by atoms with Crippen molar-refractivity contribution < 1.29 is 22.7 Å². The first-order valence-electron chi connectivity index (χ1n) is 9.00. The van der Waals surface area contributed by atoms with Gasteiger partial charge >= 0.3 is 0 Å². The number of methoxy groups -OCH3 is 2. The van der Waals surface area contributed by atoms with Gasteiger partial charge in [-0.05, 0) is 48.9 Å². The van der Waals surface area contributed by atoms with Crippen molar-refractivity contribution in [2.75, 3.05) is 31.3 Å². The highest BCUT2D eigenvalue weighted by molar-refractivity contribution is 7.92. The zero-order valence-corrected chi connectivity index (χ0v) is 18.7. The molecule has 2 rings (SSSR count). The summed E-state index contributed by atoms with van der Waals surface area (Å²) in [4.78, 5) is 12.4. The topological polar surface area (TPSA) is 97.3 Å². The van der Waals surface area contributed by atoms with Crippen molar-refractivity contribution in [2.24, 2.45) is 5.10 Å². The predicted octanol–water partition coefficient (Wildman–Crippen LogP) is 3.05. The van der Waals surface area contributed by atoms with Crippen LogP contribution in [0.25, 0.3) is 0 Å². The second-order valence-electron chi connectivity index (χ2n) is 6.26. The van der Waals surface area contributed by atoms with Gasteiger partial charge in [0.25, 0.3) is 5.91 Å². The Morgan fingerprint density at radius 2 is 1.73 bits per heavy atom. The number of carbonyl (C=O) groups excluding carboxylic acids is 1. The Bertz CT molecular complexity index is 1020. The monoisotopic (exact) mass is 453 g/mol. The predicted molar refractivity (Wildman–Crippen MR) is 118 cm³/mol. The molecule has 0 spiro atoms. The minimum Gasteiger partial charge on any atom is -0.493 e. The molecule has 10 heteroatoms. The summed E-state index contributed by atoms with van der Waals surface area (Å²) in [7, 11) is -0.615. The van der Waals surface area contributed by atoms with Crippen molar-refractivity contribution >= 4 is 38.9 Å². The number of nitrogens with one attached hydrogen (secondary N) is 1. The summed E-state index contributed by atoms with van der Waals surface area (Å²) in [6.45, 7) is 1.46. The van der Waals surface area contributed by atoms with Crippen LogP contribution in [-0.2, 0) is 14.8 Å². The van der Waals surface area contributed by atoms with E-state index in [2.05, 4.69) is 10.5 Å². The van der Waals surface area contributed by atoms with Gasteiger partial charge in [-0.1, -0.05) is 18.5 Å². The number of sulfonamides is 1. The summed E-state index contributed by atoms with van der Waals surface area (Å²) < 4.78 is 35.8. The molecule has 0 aliphatic carbocycles. The third-order valence-electron chi connectivity index (χ3n) is 4.17. The average molecular weight is 454 g/mol. The number of benzene rings is 2. The second kappa shape index (κ2) is 10.3. The summed E-state index contributed by atoms with van der Waals surface area (Å²) in [5, 5.41) is 4.63. The molecule has 162 valence electrons. The molecule has 0 bridgehead atoms. The Morgan fingerprint density at radius 3 is 2.27 bits per heavy atom. The number of amides is 1. The molecule has 0 heterocycles. The number of rotatable bonds is 9. The SMILES string of the molecule is CC/C(=N/NC(=O)CN(c1ccc(Cl)cc1)S(C)(=O)=O)c1ccc(OC)c(OC)c1. The van der Waals surface area contributed by atoms with Gasteiger partial charge in [0.2, 0.25) is 10.0 Å². The Labute approximate surface area is 181 Å². The van der Waals surface area contributed by atoms with Crippen molar-refractivity contribution in [3.63, 3.8) is 0 Å². The minimum absolute atomic E-state index is 0.330. The molecule has 0 saturated heterocycles. The maximum atomic E-state index is 12.4. The van der Waals surface area contributed by atoms with Crippen LogP contribution in [0.5, 0.6) is 11.5 Å². The van der Waals surface area contributed by atoms with Crippen LogP contribution in [0.3, 0.4) is 0 Å². The van der Waals surface area contributed by atoms with Gasteiger partial charge in [0, 0.05) is 10.6 Å². The fraction of sp³-hybridized carbons (Fsp3) is 0.300. The van der Waals surface area contributed by atoms with Gasteiger partial charge < -0.3 is 9.47 Å². The molecule has 0 atom stereocenters. The molecule has 0 aromatic heterocycles. The molecule has 0 unspecified atom stereocenters. The molecule has 0 aliphatic heterocycles. The lowest BCUT2D eigenvalue weighted by molar-refractivity contribution is -0.119. The smallest absolute Gasteiger partial charge is 0.260 e. The summed E-state index contributed by atoms with van der Waals surface area (Å²) in [5.41, 5.74) is 4.10. The number of hydrazone groups is 1. The lowest BCUT2D eigenvalue weighted by atomic mass is 10.1. The number of ether oxygens (including phenoxy) is 2. The van der Waals surface area contributed by atoms with Crippen LogP contribution >= 0.6 is 11.6 Å². The highest BCUT2D eigenvalue weighted by atomic mass is 35.5. The van der Waals surface area contributed by atoms with Crippen molar-refractivity contribution in [3.8, 4) is 11.5 Å². The molecule has 2 aromatic carbocycles. The zero-order valence-electron chi connectivity index (χ0n) is 17.2. The van der Waals surface area contributed by atoms with E-state index in [-0.39, 0.29) is 0 Å². The van der Waals surface area contributed by atoms with Gasteiger partial charge in [0.15, 0.2) is 11.5 Å². The average Bonchev–Trinajstić information content (AvgIpc) is 2.72. The quantitative estimate of drug-likeness (QED) is 0.465. The van der Waals surface area contributed by atoms with Crippen molar-refractivity contribution in [2.45, 2.75) is 13.3 Å². The standard InChI is InChI=1S/C20H24ClN3O5S/c1-5-17(14-6-11-18(28-2)19(12-14)29-3)22-23-20(25)13-24(30(4,26)27)16-9-7-15(21)8-10-16/h6-12H,5,13H2,1-4H3,(H,23,25)/b22-17-. The molecule has 1 N–H and O–H groups in total. The molecular formula is C20H24ClN3O5S. The number of halogens is 1. The molecule has 0 saturated carbocycles. The van der Waals surface area contributed by atoms with Crippen LogP contribution in [0.15, 0.2) is 47.6 Å². The number of hydrogen-bond donors (Lipinski definition) is 1. The maximum absolute atomic E-state index is 12.4. The van der Waals surface area contributed by atoms with Crippen molar-refractivity contribution in [1.82, 2.24) is 5.43 Å². The van der Waals surface area contributed by atoms with Crippen molar-refractivity contribution in [3.05, 3.63) is 53.1 Å². The van der Waals surface area contributed by atoms with E-state index in [1.807, 2.05) is 6.92 Å². The van der Waals surface area contributed by atoms with Gasteiger partial charge in [0.1, 0.15) is 6.54 Å². The molecular weight excluding hydrogens is 430 g/mol. The summed E-state index contributed by atoms with van der Waals surface area (Å²) in [6.07, 6.45) is 1.56. The van der Waals surface area contributed by atoms with Crippen LogP contribution in [0.4, 0.5) is 5.69 Å². The van der Waals surface area contributed by atoms with E-state index in [1.54, 1.807) is 37.4 Å². The number of nitrogens with zero attached hydrogens (tertiary/aromatic N) is 2. The molecule has 0 radical (unpaired) electrons. The molecule has 2 aromatic rings.